The summed E-state index contributed by atoms with van der Waals surface area (Å²) in [6, 6.07) is 3.97. The lowest BCUT2D eigenvalue weighted by Crippen LogP contribution is -2.19. The van der Waals surface area contributed by atoms with Crippen LogP contribution in [0.4, 0.5) is 0 Å². The zero-order valence-electron chi connectivity index (χ0n) is 6.40. The Labute approximate surface area is 82.8 Å². The molecule has 3 nitrogen and oxygen atoms in total. The fraction of sp³-hybridized carbons (Fsp3) is 0.286. The number of hydrogen-bond acceptors (Lipinski definition) is 4. The summed E-state index contributed by atoms with van der Waals surface area (Å²) >= 11 is 4.97. The minimum Gasteiger partial charge on any atom is -0.382 e. The van der Waals surface area contributed by atoms with Crippen molar-refractivity contribution in [2.75, 3.05) is 7.05 Å². The van der Waals surface area contributed by atoms with Crippen molar-refractivity contribution >= 4 is 33.2 Å². The second-order valence-corrected chi connectivity index (χ2v) is 4.13. The standard InChI is InChI=1S/C7H7BrN2OS/c1-10-7(8)9-6(11-10)5-3-2-4-12-5/h2-4,7H,1H3. The lowest BCUT2D eigenvalue weighted by atomic mass is 10.5. The van der Waals surface area contributed by atoms with E-state index in [9.17, 15) is 0 Å². The first-order chi connectivity index (χ1) is 5.77. The summed E-state index contributed by atoms with van der Waals surface area (Å²) in [5, 5.41) is 3.60. The SMILES string of the molecule is CN1OC(c2cccs2)=NC1Br. The molecule has 64 valence electrons. The third-order valence-corrected chi connectivity index (χ3v) is 3.13. The maximum absolute atomic E-state index is 5.36. The highest BCUT2D eigenvalue weighted by Crippen LogP contribution is 2.21. The van der Waals surface area contributed by atoms with Gasteiger partial charge < -0.3 is 4.84 Å². The van der Waals surface area contributed by atoms with E-state index < -0.39 is 0 Å². The van der Waals surface area contributed by atoms with Crippen molar-refractivity contribution in [1.82, 2.24) is 5.06 Å². The van der Waals surface area contributed by atoms with Gasteiger partial charge in [-0.2, -0.15) is 0 Å². The van der Waals surface area contributed by atoms with Crippen LogP contribution >= 0.6 is 27.3 Å². The van der Waals surface area contributed by atoms with Crippen molar-refractivity contribution in [3.05, 3.63) is 22.4 Å². The van der Waals surface area contributed by atoms with E-state index in [0.29, 0.717) is 5.90 Å². The Balaban J connectivity index is 2.23. The molecule has 1 aromatic heterocycles. The second kappa shape index (κ2) is 3.16. The highest BCUT2D eigenvalue weighted by Gasteiger charge is 2.23. The van der Waals surface area contributed by atoms with E-state index in [-0.39, 0.29) is 5.08 Å². The van der Waals surface area contributed by atoms with Gasteiger partial charge in [-0.15, -0.1) is 16.4 Å². The normalized spacial score (nSPS) is 23.8. The number of halogens is 1. The molecule has 1 atom stereocenters. The molecule has 1 unspecified atom stereocenters. The minimum atomic E-state index is -0.0606. The molecular weight excluding hydrogens is 240 g/mol. The zero-order chi connectivity index (χ0) is 8.55. The van der Waals surface area contributed by atoms with Crippen LogP contribution in [-0.2, 0) is 4.84 Å². The Morgan fingerprint density at radius 3 is 3.08 bits per heavy atom. The molecule has 1 aromatic rings. The van der Waals surface area contributed by atoms with Crippen molar-refractivity contribution < 1.29 is 4.84 Å². The molecule has 5 heteroatoms. The zero-order valence-corrected chi connectivity index (χ0v) is 8.80. The number of hydroxylamine groups is 2. The summed E-state index contributed by atoms with van der Waals surface area (Å²) in [5.41, 5.74) is 0. The molecule has 1 aliphatic heterocycles. The molecule has 0 aromatic carbocycles. The van der Waals surface area contributed by atoms with Gasteiger partial charge in [-0.1, -0.05) is 6.07 Å². The molecular formula is C7H7BrN2OS. The van der Waals surface area contributed by atoms with Crippen LogP contribution in [0.1, 0.15) is 4.88 Å². The first-order valence-electron chi connectivity index (χ1n) is 3.44. The van der Waals surface area contributed by atoms with Crippen LogP contribution < -0.4 is 0 Å². The summed E-state index contributed by atoms with van der Waals surface area (Å²) in [6.45, 7) is 0. The average molecular weight is 247 g/mol. The van der Waals surface area contributed by atoms with E-state index in [1.54, 1.807) is 16.4 Å². The quantitative estimate of drug-likeness (QED) is 0.560. The molecule has 0 aliphatic carbocycles. The molecule has 0 amide bonds. The lowest BCUT2D eigenvalue weighted by Gasteiger charge is -2.09. The van der Waals surface area contributed by atoms with Gasteiger partial charge >= 0.3 is 0 Å². The largest absolute Gasteiger partial charge is 0.382 e. The smallest absolute Gasteiger partial charge is 0.253 e. The third-order valence-electron chi connectivity index (χ3n) is 1.49. The van der Waals surface area contributed by atoms with E-state index in [1.165, 1.54) is 0 Å². The van der Waals surface area contributed by atoms with Crippen molar-refractivity contribution in [3.63, 3.8) is 0 Å². The van der Waals surface area contributed by atoms with E-state index in [2.05, 4.69) is 20.9 Å². The topological polar surface area (TPSA) is 24.8 Å². The number of hydrogen-bond donors (Lipinski definition) is 0. The van der Waals surface area contributed by atoms with Gasteiger partial charge in [0.1, 0.15) is 0 Å². The average Bonchev–Trinajstić information content (AvgIpc) is 2.61. The van der Waals surface area contributed by atoms with E-state index in [1.807, 2.05) is 24.6 Å². The van der Waals surface area contributed by atoms with Crippen molar-refractivity contribution in [2.24, 2.45) is 4.99 Å². The number of alkyl halides is 1. The first kappa shape index (κ1) is 8.22. The van der Waals surface area contributed by atoms with Gasteiger partial charge in [0.25, 0.3) is 5.90 Å². The van der Waals surface area contributed by atoms with Gasteiger partial charge in [0, 0.05) is 7.05 Å². The van der Waals surface area contributed by atoms with Crippen LogP contribution in [0.15, 0.2) is 22.5 Å². The maximum Gasteiger partial charge on any atom is 0.253 e. The minimum absolute atomic E-state index is 0.0606. The van der Waals surface area contributed by atoms with Crippen LogP contribution in [0.25, 0.3) is 0 Å². The maximum atomic E-state index is 5.36. The van der Waals surface area contributed by atoms with Gasteiger partial charge in [0.2, 0.25) is 0 Å². The van der Waals surface area contributed by atoms with Gasteiger partial charge in [0.05, 0.1) is 4.88 Å². The van der Waals surface area contributed by atoms with Crippen LogP contribution in [0.2, 0.25) is 0 Å². The molecule has 12 heavy (non-hydrogen) atoms. The molecule has 0 fully saturated rings. The highest BCUT2D eigenvalue weighted by atomic mass is 79.9. The Morgan fingerprint density at radius 2 is 2.58 bits per heavy atom. The fourth-order valence-corrected chi connectivity index (χ4v) is 1.81. The molecule has 0 radical (unpaired) electrons. The Bertz CT molecular complexity index is 298. The van der Waals surface area contributed by atoms with Gasteiger partial charge in [-0.25, -0.2) is 4.99 Å². The fourth-order valence-electron chi connectivity index (χ4n) is 0.890. The highest BCUT2D eigenvalue weighted by molar-refractivity contribution is 9.09. The third kappa shape index (κ3) is 1.39. The van der Waals surface area contributed by atoms with Crippen LogP contribution in [0.3, 0.4) is 0 Å². The van der Waals surface area contributed by atoms with Gasteiger partial charge in [-0.05, 0) is 27.4 Å². The monoisotopic (exact) mass is 246 g/mol. The Morgan fingerprint density at radius 1 is 1.75 bits per heavy atom. The summed E-state index contributed by atoms with van der Waals surface area (Å²) in [6.07, 6.45) is 0. The van der Waals surface area contributed by atoms with Crippen molar-refractivity contribution in [2.45, 2.75) is 5.08 Å². The van der Waals surface area contributed by atoms with Crippen molar-refractivity contribution in [1.29, 1.82) is 0 Å². The Kier molecular flexibility index (Phi) is 2.16. The molecule has 0 saturated heterocycles. The van der Waals surface area contributed by atoms with Crippen LogP contribution in [-0.4, -0.2) is 23.1 Å². The lowest BCUT2D eigenvalue weighted by molar-refractivity contribution is -0.0283. The second-order valence-electron chi connectivity index (χ2n) is 2.36. The number of aliphatic imine (C=N–C) groups is 1. The predicted molar refractivity (Wildman–Crippen MR) is 52.4 cm³/mol. The predicted octanol–water partition coefficient (Wildman–Crippen LogP) is 2.05. The molecule has 0 spiro atoms. The van der Waals surface area contributed by atoms with E-state index in [0.717, 1.165) is 4.88 Å². The van der Waals surface area contributed by atoms with E-state index in [4.69, 9.17) is 4.84 Å². The summed E-state index contributed by atoms with van der Waals surface area (Å²) in [7, 11) is 1.84. The van der Waals surface area contributed by atoms with Gasteiger partial charge in [-0.3, -0.25) is 0 Å². The summed E-state index contributed by atoms with van der Waals surface area (Å²) < 4.78 is 0. The molecule has 2 heterocycles. The van der Waals surface area contributed by atoms with Crippen molar-refractivity contribution in [3.8, 4) is 0 Å². The molecule has 0 saturated carbocycles. The summed E-state index contributed by atoms with van der Waals surface area (Å²) in [4.78, 5) is 10.7. The molecule has 0 N–H and O–H groups in total. The Hall–Kier alpha value is -0.390. The van der Waals surface area contributed by atoms with Crippen LogP contribution in [0, 0.1) is 0 Å². The number of rotatable bonds is 1. The number of thiophene rings is 1. The summed E-state index contributed by atoms with van der Waals surface area (Å²) in [5.74, 6) is 0.689. The molecule has 0 bridgehead atoms. The molecule has 2 rings (SSSR count). The molecule has 1 aliphatic rings. The van der Waals surface area contributed by atoms with Gasteiger partial charge in [0.15, 0.2) is 5.08 Å². The number of nitrogens with zero attached hydrogens (tertiary/aromatic N) is 2. The van der Waals surface area contributed by atoms with Crippen LogP contribution in [0.5, 0.6) is 0 Å². The van der Waals surface area contributed by atoms with E-state index >= 15 is 0 Å². The first-order valence-corrected chi connectivity index (χ1v) is 5.23.